The number of rotatable bonds is 3. The zero-order chi connectivity index (χ0) is 28.2. The van der Waals surface area contributed by atoms with Gasteiger partial charge in [-0.3, -0.25) is 0 Å². The second-order valence-electron chi connectivity index (χ2n) is 10.4. The van der Waals surface area contributed by atoms with E-state index in [2.05, 4.69) is 106 Å². The van der Waals surface area contributed by atoms with Crippen molar-refractivity contribution in [2.75, 3.05) is 0 Å². The van der Waals surface area contributed by atoms with Gasteiger partial charge in [-0.2, -0.15) is 10.5 Å². The molecular formula is C38H22N4. The molecule has 4 heteroatoms. The summed E-state index contributed by atoms with van der Waals surface area (Å²) in [4.78, 5) is 0. The summed E-state index contributed by atoms with van der Waals surface area (Å²) in [5.74, 6) is 0. The van der Waals surface area contributed by atoms with Gasteiger partial charge in [-0.15, -0.1) is 0 Å². The SMILES string of the molecule is N#Cc1ccc(-n2c3ccc(C#N)cc3c3c(-c4cccc5c6ccccc6n(-c6ccccc6)c45)cccc32)cc1. The van der Waals surface area contributed by atoms with Crippen molar-refractivity contribution in [2.45, 2.75) is 0 Å². The van der Waals surface area contributed by atoms with Gasteiger partial charge in [-0.05, 0) is 72.3 Å². The molecule has 0 saturated carbocycles. The molecule has 0 amide bonds. The van der Waals surface area contributed by atoms with E-state index in [0.717, 1.165) is 55.3 Å². The van der Waals surface area contributed by atoms with Gasteiger partial charge in [0.2, 0.25) is 0 Å². The second-order valence-corrected chi connectivity index (χ2v) is 10.4. The first-order valence-electron chi connectivity index (χ1n) is 13.8. The van der Waals surface area contributed by atoms with Gasteiger partial charge in [0.05, 0.1) is 45.3 Å². The summed E-state index contributed by atoms with van der Waals surface area (Å²) in [5, 5.41) is 23.7. The summed E-state index contributed by atoms with van der Waals surface area (Å²) in [5.41, 5.74) is 9.89. The maximum absolute atomic E-state index is 9.83. The van der Waals surface area contributed by atoms with E-state index in [-0.39, 0.29) is 0 Å². The molecule has 0 aliphatic heterocycles. The molecule has 0 aliphatic rings. The molecule has 42 heavy (non-hydrogen) atoms. The van der Waals surface area contributed by atoms with Crippen LogP contribution in [0.5, 0.6) is 0 Å². The molecule has 2 aromatic heterocycles. The van der Waals surface area contributed by atoms with E-state index in [1.54, 1.807) is 0 Å². The fraction of sp³-hybridized carbons (Fsp3) is 0. The molecule has 0 saturated heterocycles. The lowest BCUT2D eigenvalue weighted by Crippen LogP contribution is -1.96. The number of para-hydroxylation sites is 3. The van der Waals surface area contributed by atoms with E-state index in [0.29, 0.717) is 11.1 Å². The van der Waals surface area contributed by atoms with Gasteiger partial charge in [0.15, 0.2) is 0 Å². The van der Waals surface area contributed by atoms with Gasteiger partial charge in [-0.25, -0.2) is 0 Å². The van der Waals surface area contributed by atoms with E-state index in [4.69, 9.17) is 0 Å². The fourth-order valence-corrected chi connectivity index (χ4v) is 6.41. The molecule has 8 rings (SSSR count). The molecule has 0 N–H and O–H groups in total. The minimum Gasteiger partial charge on any atom is -0.309 e. The Kier molecular flexibility index (Phi) is 5.22. The van der Waals surface area contributed by atoms with Crippen LogP contribution in [0.4, 0.5) is 0 Å². The number of hydrogen-bond donors (Lipinski definition) is 0. The highest BCUT2D eigenvalue weighted by Gasteiger charge is 2.21. The van der Waals surface area contributed by atoms with Crippen molar-refractivity contribution in [1.29, 1.82) is 10.5 Å². The average molecular weight is 535 g/mol. The van der Waals surface area contributed by atoms with Gasteiger partial charge in [0, 0.05) is 38.5 Å². The van der Waals surface area contributed by atoms with Gasteiger partial charge < -0.3 is 9.13 Å². The van der Waals surface area contributed by atoms with Crippen LogP contribution in [-0.4, -0.2) is 9.13 Å². The predicted molar refractivity (Wildman–Crippen MR) is 170 cm³/mol. The average Bonchev–Trinajstić information content (AvgIpc) is 3.58. The van der Waals surface area contributed by atoms with E-state index in [1.807, 2.05) is 48.5 Å². The molecule has 194 valence electrons. The molecule has 2 heterocycles. The highest BCUT2D eigenvalue weighted by Crippen LogP contribution is 2.43. The smallest absolute Gasteiger partial charge is 0.0991 e. The Morgan fingerprint density at radius 3 is 1.86 bits per heavy atom. The Morgan fingerprint density at radius 2 is 1.05 bits per heavy atom. The number of aromatic nitrogens is 2. The third-order valence-corrected chi connectivity index (χ3v) is 8.17. The first-order chi connectivity index (χ1) is 20.8. The van der Waals surface area contributed by atoms with Crippen molar-refractivity contribution in [3.63, 3.8) is 0 Å². The van der Waals surface area contributed by atoms with Gasteiger partial charge >= 0.3 is 0 Å². The van der Waals surface area contributed by atoms with Crippen LogP contribution in [0.3, 0.4) is 0 Å². The van der Waals surface area contributed by atoms with E-state index in [1.165, 1.54) is 10.8 Å². The summed E-state index contributed by atoms with van der Waals surface area (Å²) in [6.07, 6.45) is 0. The van der Waals surface area contributed by atoms with Crippen LogP contribution in [0.2, 0.25) is 0 Å². The van der Waals surface area contributed by atoms with Crippen LogP contribution in [0.25, 0.3) is 66.1 Å². The van der Waals surface area contributed by atoms with Crippen LogP contribution < -0.4 is 0 Å². The molecular weight excluding hydrogens is 512 g/mol. The second kappa shape index (κ2) is 9.24. The third-order valence-electron chi connectivity index (χ3n) is 8.17. The van der Waals surface area contributed by atoms with Crippen molar-refractivity contribution in [3.8, 4) is 34.6 Å². The van der Waals surface area contributed by atoms with E-state index < -0.39 is 0 Å². The molecule has 0 aliphatic carbocycles. The lowest BCUT2D eigenvalue weighted by atomic mass is 9.96. The number of hydrogen-bond acceptors (Lipinski definition) is 2. The van der Waals surface area contributed by atoms with E-state index in [9.17, 15) is 10.5 Å². The zero-order valence-electron chi connectivity index (χ0n) is 22.5. The Morgan fingerprint density at radius 1 is 0.429 bits per heavy atom. The number of fused-ring (bicyclic) bond motifs is 6. The molecule has 0 spiro atoms. The van der Waals surface area contributed by atoms with Crippen molar-refractivity contribution in [2.24, 2.45) is 0 Å². The maximum atomic E-state index is 9.83. The summed E-state index contributed by atoms with van der Waals surface area (Å²) in [6.45, 7) is 0. The first-order valence-corrected chi connectivity index (χ1v) is 13.8. The van der Waals surface area contributed by atoms with Gasteiger partial charge in [0.1, 0.15) is 0 Å². The zero-order valence-corrected chi connectivity index (χ0v) is 22.5. The molecule has 6 aromatic carbocycles. The molecule has 0 unspecified atom stereocenters. The largest absolute Gasteiger partial charge is 0.309 e. The summed E-state index contributed by atoms with van der Waals surface area (Å²) >= 11 is 0. The monoisotopic (exact) mass is 534 g/mol. The Hall–Kier alpha value is -6.10. The normalized spacial score (nSPS) is 11.3. The topological polar surface area (TPSA) is 57.4 Å². The lowest BCUT2D eigenvalue weighted by Gasteiger charge is -2.13. The molecule has 4 nitrogen and oxygen atoms in total. The highest BCUT2D eigenvalue weighted by molar-refractivity contribution is 6.20. The van der Waals surface area contributed by atoms with Gasteiger partial charge in [0.25, 0.3) is 0 Å². The number of nitriles is 2. The third kappa shape index (κ3) is 3.40. The minimum atomic E-state index is 0.618. The molecule has 0 atom stereocenters. The number of nitrogens with zero attached hydrogens (tertiary/aromatic N) is 4. The highest BCUT2D eigenvalue weighted by atomic mass is 15.0. The Labute approximate surface area is 242 Å². The van der Waals surface area contributed by atoms with E-state index >= 15 is 0 Å². The van der Waals surface area contributed by atoms with Crippen molar-refractivity contribution >= 4 is 43.6 Å². The van der Waals surface area contributed by atoms with Crippen LogP contribution in [0.1, 0.15) is 11.1 Å². The van der Waals surface area contributed by atoms with Gasteiger partial charge in [-0.1, -0.05) is 66.7 Å². The summed E-state index contributed by atoms with van der Waals surface area (Å²) in [6, 6.07) is 50.1. The quantitative estimate of drug-likeness (QED) is 0.227. The Bertz CT molecular complexity index is 2410. The summed E-state index contributed by atoms with van der Waals surface area (Å²) < 4.78 is 4.59. The lowest BCUT2D eigenvalue weighted by molar-refractivity contribution is 1.18. The molecule has 8 aromatic rings. The van der Waals surface area contributed by atoms with Crippen molar-refractivity contribution in [1.82, 2.24) is 9.13 Å². The fourth-order valence-electron chi connectivity index (χ4n) is 6.41. The molecule has 0 radical (unpaired) electrons. The molecule has 0 bridgehead atoms. The minimum absolute atomic E-state index is 0.618. The first kappa shape index (κ1) is 23.8. The predicted octanol–water partition coefficient (Wildman–Crippen LogP) is 9.29. The van der Waals surface area contributed by atoms with Crippen LogP contribution in [0.15, 0.2) is 133 Å². The van der Waals surface area contributed by atoms with Crippen LogP contribution in [0, 0.1) is 22.7 Å². The van der Waals surface area contributed by atoms with Crippen molar-refractivity contribution in [3.05, 3.63) is 145 Å². The molecule has 0 fully saturated rings. The number of benzene rings is 6. The Balaban J connectivity index is 1.53. The standard InChI is InChI=1S/C38H22N4/c39-23-25-16-19-28(20-17-25)41-35-21-18-26(24-40)22-33(35)37-30(11-7-15-36(37)41)32-13-6-12-31-29-10-4-5-14-34(29)42(38(31)32)27-8-2-1-3-9-27/h1-22H. The van der Waals surface area contributed by atoms with Crippen molar-refractivity contribution < 1.29 is 0 Å². The maximum Gasteiger partial charge on any atom is 0.0991 e. The summed E-state index contributed by atoms with van der Waals surface area (Å²) in [7, 11) is 0. The van der Waals surface area contributed by atoms with Crippen LogP contribution >= 0.6 is 0 Å². The van der Waals surface area contributed by atoms with Crippen LogP contribution in [-0.2, 0) is 0 Å².